The van der Waals surface area contributed by atoms with Crippen molar-refractivity contribution in [3.8, 4) is 0 Å². The molecule has 130 valence electrons. The average molecular weight is 346 g/mol. The molecule has 0 heterocycles. The van der Waals surface area contributed by atoms with Crippen molar-refractivity contribution in [2.24, 2.45) is 10.2 Å². The SMILES string of the molecule is CCC=NN=C(CC)C(C(=O)O)=C(O)c1cc(F)c(F)c(F)c1F. The zero-order valence-corrected chi connectivity index (χ0v) is 12.8. The molecule has 0 spiro atoms. The Kier molecular flexibility index (Phi) is 6.63. The maximum absolute atomic E-state index is 13.8. The molecule has 0 saturated heterocycles. The van der Waals surface area contributed by atoms with E-state index >= 15 is 0 Å². The van der Waals surface area contributed by atoms with E-state index in [0.717, 1.165) is 0 Å². The monoisotopic (exact) mass is 346 g/mol. The van der Waals surface area contributed by atoms with Gasteiger partial charge in [-0.3, -0.25) is 0 Å². The summed E-state index contributed by atoms with van der Waals surface area (Å²) in [5.41, 5.74) is -2.28. The Hall–Kier alpha value is -2.71. The number of nitrogens with zero attached hydrogens (tertiary/aromatic N) is 2. The Morgan fingerprint density at radius 2 is 1.75 bits per heavy atom. The molecule has 1 rings (SSSR count). The van der Waals surface area contributed by atoms with Crippen molar-refractivity contribution in [1.29, 1.82) is 0 Å². The van der Waals surface area contributed by atoms with Crippen LogP contribution in [0.15, 0.2) is 21.8 Å². The third-order valence-electron chi connectivity index (χ3n) is 2.87. The van der Waals surface area contributed by atoms with E-state index in [1.54, 1.807) is 6.92 Å². The quantitative estimate of drug-likeness (QED) is 0.156. The molecule has 0 unspecified atom stereocenters. The first-order valence-corrected chi connectivity index (χ1v) is 6.84. The van der Waals surface area contributed by atoms with Gasteiger partial charge in [-0.25, -0.2) is 22.4 Å². The first kappa shape index (κ1) is 19.3. The van der Waals surface area contributed by atoms with E-state index in [4.69, 9.17) is 0 Å². The molecule has 1 aromatic carbocycles. The molecule has 5 nitrogen and oxygen atoms in total. The van der Waals surface area contributed by atoms with Gasteiger partial charge in [0.2, 0.25) is 0 Å². The molecular weight excluding hydrogens is 332 g/mol. The minimum atomic E-state index is -2.17. The number of carboxylic acids is 1. The van der Waals surface area contributed by atoms with Gasteiger partial charge in [0.1, 0.15) is 11.3 Å². The second-order valence-electron chi connectivity index (χ2n) is 4.48. The third kappa shape index (κ3) is 3.98. The number of hydrogen-bond acceptors (Lipinski definition) is 4. The van der Waals surface area contributed by atoms with Crippen LogP contribution in [0.5, 0.6) is 0 Å². The summed E-state index contributed by atoms with van der Waals surface area (Å²) in [7, 11) is 0. The number of carbonyl (C=O) groups is 1. The van der Waals surface area contributed by atoms with Gasteiger partial charge < -0.3 is 10.2 Å². The van der Waals surface area contributed by atoms with Gasteiger partial charge in [0.15, 0.2) is 23.3 Å². The largest absolute Gasteiger partial charge is 0.506 e. The molecule has 0 radical (unpaired) electrons. The predicted octanol–water partition coefficient (Wildman–Crippen LogP) is 3.84. The summed E-state index contributed by atoms with van der Waals surface area (Å²) >= 11 is 0. The number of rotatable bonds is 6. The van der Waals surface area contributed by atoms with Gasteiger partial charge in [0, 0.05) is 6.21 Å². The van der Waals surface area contributed by atoms with E-state index in [1.807, 2.05) is 0 Å². The van der Waals surface area contributed by atoms with Crippen molar-refractivity contribution in [2.45, 2.75) is 26.7 Å². The van der Waals surface area contributed by atoms with Crippen molar-refractivity contribution in [1.82, 2.24) is 0 Å². The number of carboxylic acid groups (broad SMARTS) is 1. The molecule has 0 atom stereocenters. The first-order valence-electron chi connectivity index (χ1n) is 6.84. The van der Waals surface area contributed by atoms with Crippen LogP contribution in [-0.2, 0) is 4.79 Å². The summed E-state index contributed by atoms with van der Waals surface area (Å²) in [6.07, 6.45) is 1.83. The van der Waals surface area contributed by atoms with Crippen LogP contribution in [0, 0.1) is 23.3 Å². The standard InChI is InChI=1S/C15H14F4N2O3/c1-3-5-20-21-9(4-2)10(15(23)24)14(22)7-6-8(16)12(18)13(19)11(7)17/h5-6,22H,3-4H2,1-2H3,(H,23,24). The molecule has 0 aliphatic heterocycles. The fourth-order valence-electron chi connectivity index (χ4n) is 1.73. The third-order valence-corrected chi connectivity index (χ3v) is 2.87. The molecule has 0 aromatic heterocycles. The molecule has 0 aliphatic rings. The van der Waals surface area contributed by atoms with E-state index in [9.17, 15) is 32.6 Å². The molecule has 24 heavy (non-hydrogen) atoms. The lowest BCUT2D eigenvalue weighted by Gasteiger charge is -2.10. The number of aliphatic hydroxyl groups excluding tert-OH is 1. The Balaban J connectivity index is 3.66. The average Bonchev–Trinajstić information content (AvgIpc) is 2.54. The smallest absolute Gasteiger partial charge is 0.341 e. The number of hydrogen-bond donors (Lipinski definition) is 2. The van der Waals surface area contributed by atoms with Gasteiger partial charge in [-0.1, -0.05) is 13.8 Å². The van der Waals surface area contributed by atoms with Crippen LogP contribution in [0.1, 0.15) is 32.3 Å². The van der Waals surface area contributed by atoms with Gasteiger partial charge in [0.25, 0.3) is 0 Å². The van der Waals surface area contributed by atoms with Gasteiger partial charge in [-0.15, -0.1) is 0 Å². The highest BCUT2D eigenvalue weighted by Gasteiger charge is 2.27. The van der Waals surface area contributed by atoms with Crippen molar-refractivity contribution in [3.63, 3.8) is 0 Å². The normalized spacial score (nSPS) is 13.3. The summed E-state index contributed by atoms with van der Waals surface area (Å²) in [4.78, 5) is 11.4. The van der Waals surface area contributed by atoms with Crippen molar-refractivity contribution in [3.05, 3.63) is 40.5 Å². The summed E-state index contributed by atoms with van der Waals surface area (Å²) in [5, 5.41) is 26.4. The van der Waals surface area contributed by atoms with E-state index in [0.29, 0.717) is 6.42 Å². The van der Waals surface area contributed by atoms with E-state index in [-0.39, 0.29) is 18.2 Å². The number of benzene rings is 1. The first-order chi connectivity index (χ1) is 11.3. The fourth-order valence-corrected chi connectivity index (χ4v) is 1.73. The fraction of sp³-hybridized carbons (Fsp3) is 0.267. The van der Waals surface area contributed by atoms with Crippen LogP contribution in [0.25, 0.3) is 5.76 Å². The minimum absolute atomic E-state index is 0.0273. The van der Waals surface area contributed by atoms with Crippen molar-refractivity contribution < 1.29 is 32.6 Å². The zero-order valence-electron chi connectivity index (χ0n) is 12.8. The molecule has 0 aliphatic carbocycles. The lowest BCUT2D eigenvalue weighted by molar-refractivity contribution is -0.132. The minimum Gasteiger partial charge on any atom is -0.506 e. The van der Waals surface area contributed by atoms with Crippen LogP contribution in [-0.4, -0.2) is 28.1 Å². The van der Waals surface area contributed by atoms with Crippen LogP contribution in [0.3, 0.4) is 0 Å². The van der Waals surface area contributed by atoms with Gasteiger partial charge in [-0.2, -0.15) is 10.2 Å². The Morgan fingerprint density at radius 1 is 1.12 bits per heavy atom. The topological polar surface area (TPSA) is 82.2 Å². The molecule has 0 amide bonds. The molecule has 0 fully saturated rings. The summed E-state index contributed by atoms with van der Waals surface area (Å²) in [5.74, 6) is -10.9. The van der Waals surface area contributed by atoms with Crippen molar-refractivity contribution in [2.75, 3.05) is 0 Å². The van der Waals surface area contributed by atoms with Crippen LogP contribution in [0.2, 0.25) is 0 Å². The lowest BCUT2D eigenvalue weighted by atomic mass is 10.0. The van der Waals surface area contributed by atoms with E-state index in [2.05, 4.69) is 10.2 Å². The number of aliphatic hydroxyl groups is 1. The summed E-state index contributed by atoms with van der Waals surface area (Å²) < 4.78 is 53.3. The zero-order chi connectivity index (χ0) is 18.4. The Morgan fingerprint density at radius 3 is 2.25 bits per heavy atom. The maximum Gasteiger partial charge on any atom is 0.341 e. The molecular formula is C15H14F4N2O3. The highest BCUT2D eigenvalue weighted by Crippen LogP contribution is 2.26. The Labute approximate surface area is 134 Å². The van der Waals surface area contributed by atoms with E-state index < -0.39 is 46.1 Å². The van der Waals surface area contributed by atoms with Crippen LogP contribution >= 0.6 is 0 Å². The van der Waals surface area contributed by atoms with Gasteiger partial charge in [-0.05, 0) is 18.9 Å². The second-order valence-corrected chi connectivity index (χ2v) is 4.48. The summed E-state index contributed by atoms with van der Waals surface area (Å²) in [6.45, 7) is 3.23. The van der Waals surface area contributed by atoms with Crippen molar-refractivity contribution >= 4 is 23.7 Å². The number of aliphatic carboxylic acids is 1. The summed E-state index contributed by atoms with van der Waals surface area (Å²) in [6, 6.07) is 0.161. The Bertz CT molecular complexity index is 743. The lowest BCUT2D eigenvalue weighted by Crippen LogP contribution is -2.15. The highest BCUT2D eigenvalue weighted by molar-refractivity contribution is 6.23. The van der Waals surface area contributed by atoms with Gasteiger partial charge >= 0.3 is 5.97 Å². The molecule has 2 N–H and O–H groups in total. The molecule has 0 saturated carbocycles. The highest BCUT2D eigenvalue weighted by atomic mass is 19.2. The number of halogens is 4. The maximum atomic E-state index is 13.8. The van der Waals surface area contributed by atoms with Crippen LogP contribution in [0.4, 0.5) is 17.6 Å². The predicted molar refractivity (Wildman–Crippen MR) is 80.0 cm³/mol. The molecule has 9 heteroatoms. The molecule has 1 aromatic rings. The van der Waals surface area contributed by atoms with Gasteiger partial charge in [0.05, 0.1) is 11.3 Å². The van der Waals surface area contributed by atoms with Crippen LogP contribution < -0.4 is 0 Å². The second kappa shape index (κ2) is 8.23. The van der Waals surface area contributed by atoms with E-state index in [1.165, 1.54) is 13.1 Å². The molecule has 0 bridgehead atoms.